The van der Waals surface area contributed by atoms with Gasteiger partial charge in [0.25, 0.3) is 0 Å². The van der Waals surface area contributed by atoms with Gasteiger partial charge in [-0.15, -0.1) is 0 Å². The molecule has 2 fully saturated rings. The summed E-state index contributed by atoms with van der Waals surface area (Å²) >= 11 is 0. The fourth-order valence-corrected chi connectivity index (χ4v) is 4.19. The van der Waals surface area contributed by atoms with Crippen LogP contribution in [0.4, 0.5) is 0 Å². The van der Waals surface area contributed by atoms with Crippen molar-refractivity contribution in [2.45, 2.75) is 57.0 Å². The summed E-state index contributed by atoms with van der Waals surface area (Å²) in [6.07, 6.45) is 9.60. The second kappa shape index (κ2) is 6.10. The van der Waals surface area contributed by atoms with E-state index in [1.165, 1.54) is 64.6 Å². The highest BCUT2D eigenvalue weighted by molar-refractivity contribution is 5.30. The molecule has 1 N–H and O–H groups in total. The first-order chi connectivity index (χ1) is 10.4. The van der Waals surface area contributed by atoms with Crippen molar-refractivity contribution in [3.05, 3.63) is 35.4 Å². The minimum Gasteiger partial charge on any atom is -0.313 e. The Labute approximate surface area is 128 Å². The molecule has 2 nitrogen and oxygen atoms in total. The highest BCUT2D eigenvalue weighted by atomic mass is 15.2. The lowest BCUT2D eigenvalue weighted by Gasteiger charge is -2.37. The lowest BCUT2D eigenvalue weighted by molar-refractivity contribution is 0.158. The van der Waals surface area contributed by atoms with Crippen molar-refractivity contribution < 1.29 is 0 Å². The summed E-state index contributed by atoms with van der Waals surface area (Å²) in [5.74, 6) is 1.00. The van der Waals surface area contributed by atoms with Gasteiger partial charge in [0, 0.05) is 25.2 Å². The highest BCUT2D eigenvalue weighted by Crippen LogP contribution is 2.33. The Hall–Kier alpha value is -0.860. The van der Waals surface area contributed by atoms with E-state index in [2.05, 4.69) is 34.5 Å². The minimum atomic E-state index is 0.751. The SMILES string of the molecule is c1ccc2c(c1)CCC(N(CC1CC1)CC1CCCN1)C2. The molecule has 1 saturated heterocycles. The predicted molar refractivity (Wildman–Crippen MR) is 87.6 cm³/mol. The van der Waals surface area contributed by atoms with Crippen LogP contribution in [0.3, 0.4) is 0 Å². The van der Waals surface area contributed by atoms with Crippen LogP contribution in [0.15, 0.2) is 24.3 Å². The maximum atomic E-state index is 3.70. The molecule has 114 valence electrons. The van der Waals surface area contributed by atoms with Gasteiger partial charge in [0.1, 0.15) is 0 Å². The second-order valence-corrected chi connectivity index (χ2v) is 7.36. The molecular weight excluding hydrogens is 256 g/mol. The van der Waals surface area contributed by atoms with E-state index >= 15 is 0 Å². The third kappa shape index (κ3) is 3.32. The zero-order valence-electron chi connectivity index (χ0n) is 13.1. The molecule has 1 heterocycles. The molecule has 0 bridgehead atoms. The molecule has 2 aliphatic carbocycles. The average Bonchev–Trinajstić information content (AvgIpc) is 3.19. The number of nitrogens with one attached hydrogen (secondary N) is 1. The van der Waals surface area contributed by atoms with Crippen LogP contribution in [-0.2, 0) is 12.8 Å². The molecular formula is C19H28N2. The Morgan fingerprint density at radius 3 is 2.62 bits per heavy atom. The Kier molecular flexibility index (Phi) is 4.00. The number of aryl methyl sites for hydroxylation is 1. The lowest BCUT2D eigenvalue weighted by atomic mass is 9.87. The van der Waals surface area contributed by atoms with E-state index in [-0.39, 0.29) is 0 Å². The Morgan fingerprint density at radius 2 is 1.86 bits per heavy atom. The Bertz CT molecular complexity index is 474. The summed E-state index contributed by atoms with van der Waals surface area (Å²) in [6.45, 7) is 3.86. The first kappa shape index (κ1) is 13.8. The van der Waals surface area contributed by atoms with E-state index in [0.29, 0.717) is 0 Å². The monoisotopic (exact) mass is 284 g/mol. The quantitative estimate of drug-likeness (QED) is 0.894. The number of fused-ring (bicyclic) bond motifs is 1. The maximum absolute atomic E-state index is 3.70. The van der Waals surface area contributed by atoms with Gasteiger partial charge >= 0.3 is 0 Å². The second-order valence-electron chi connectivity index (χ2n) is 7.36. The van der Waals surface area contributed by atoms with E-state index in [1.54, 1.807) is 11.1 Å². The van der Waals surface area contributed by atoms with E-state index < -0.39 is 0 Å². The molecule has 2 heteroatoms. The molecule has 4 rings (SSSR count). The summed E-state index contributed by atoms with van der Waals surface area (Å²) < 4.78 is 0. The number of hydrogen-bond donors (Lipinski definition) is 1. The van der Waals surface area contributed by atoms with Crippen LogP contribution in [0.5, 0.6) is 0 Å². The first-order valence-corrected chi connectivity index (χ1v) is 8.93. The van der Waals surface area contributed by atoms with Gasteiger partial charge in [0.15, 0.2) is 0 Å². The third-order valence-electron chi connectivity index (χ3n) is 5.64. The van der Waals surface area contributed by atoms with E-state index in [9.17, 15) is 0 Å². The molecule has 1 aliphatic heterocycles. The largest absolute Gasteiger partial charge is 0.313 e. The molecule has 3 aliphatic rings. The highest BCUT2D eigenvalue weighted by Gasteiger charge is 2.31. The van der Waals surface area contributed by atoms with Crippen LogP contribution < -0.4 is 5.32 Å². The van der Waals surface area contributed by atoms with Crippen LogP contribution in [0, 0.1) is 5.92 Å². The van der Waals surface area contributed by atoms with Gasteiger partial charge in [-0.2, -0.15) is 0 Å². The third-order valence-corrected chi connectivity index (χ3v) is 5.64. The summed E-state index contributed by atoms with van der Waals surface area (Å²) in [7, 11) is 0. The van der Waals surface area contributed by atoms with Crippen molar-refractivity contribution in [1.29, 1.82) is 0 Å². The summed E-state index contributed by atoms with van der Waals surface area (Å²) in [6, 6.07) is 10.6. The van der Waals surface area contributed by atoms with Crippen molar-refractivity contribution >= 4 is 0 Å². The summed E-state index contributed by atoms with van der Waals surface area (Å²) in [5, 5.41) is 3.70. The molecule has 2 unspecified atom stereocenters. The smallest absolute Gasteiger partial charge is 0.0195 e. The molecule has 0 aromatic heterocycles. The zero-order valence-corrected chi connectivity index (χ0v) is 13.1. The van der Waals surface area contributed by atoms with E-state index in [4.69, 9.17) is 0 Å². The molecule has 21 heavy (non-hydrogen) atoms. The number of nitrogens with zero attached hydrogens (tertiary/aromatic N) is 1. The van der Waals surface area contributed by atoms with E-state index in [0.717, 1.165) is 18.0 Å². The standard InChI is InChI=1S/C19H28N2/c1-2-5-17-12-19(10-9-16(17)4-1)21(13-15-7-8-15)14-18-6-3-11-20-18/h1-2,4-5,15,18-20H,3,6-14H2. The maximum Gasteiger partial charge on any atom is 0.0195 e. The van der Waals surface area contributed by atoms with Crippen molar-refractivity contribution in [2.24, 2.45) is 5.92 Å². The molecule has 2 atom stereocenters. The van der Waals surface area contributed by atoms with Gasteiger partial charge in [-0.3, -0.25) is 4.90 Å². The number of rotatable bonds is 5. The average molecular weight is 284 g/mol. The van der Waals surface area contributed by atoms with Crippen LogP contribution in [0.2, 0.25) is 0 Å². The molecule has 0 radical (unpaired) electrons. The molecule has 1 aromatic carbocycles. The van der Waals surface area contributed by atoms with Crippen molar-refractivity contribution in [2.75, 3.05) is 19.6 Å². The van der Waals surface area contributed by atoms with Crippen molar-refractivity contribution in [3.8, 4) is 0 Å². The zero-order chi connectivity index (χ0) is 14.1. The van der Waals surface area contributed by atoms with Crippen LogP contribution in [0.1, 0.15) is 43.2 Å². The molecule has 1 saturated carbocycles. The fourth-order valence-electron chi connectivity index (χ4n) is 4.19. The van der Waals surface area contributed by atoms with E-state index in [1.807, 2.05) is 0 Å². The molecule has 0 amide bonds. The molecule has 0 spiro atoms. The van der Waals surface area contributed by atoms with Crippen LogP contribution in [-0.4, -0.2) is 36.6 Å². The minimum absolute atomic E-state index is 0.751. The van der Waals surface area contributed by atoms with Gasteiger partial charge < -0.3 is 5.32 Å². The Balaban J connectivity index is 1.45. The summed E-state index contributed by atoms with van der Waals surface area (Å²) in [5.41, 5.74) is 3.20. The van der Waals surface area contributed by atoms with Crippen molar-refractivity contribution in [1.82, 2.24) is 10.2 Å². The van der Waals surface area contributed by atoms with Gasteiger partial charge in [0.05, 0.1) is 0 Å². The van der Waals surface area contributed by atoms with Crippen molar-refractivity contribution in [3.63, 3.8) is 0 Å². The number of hydrogen-bond acceptors (Lipinski definition) is 2. The van der Waals surface area contributed by atoms with Crippen LogP contribution >= 0.6 is 0 Å². The molecule has 1 aromatic rings. The van der Waals surface area contributed by atoms with Gasteiger partial charge in [-0.1, -0.05) is 24.3 Å². The lowest BCUT2D eigenvalue weighted by Crippen LogP contribution is -2.46. The van der Waals surface area contributed by atoms with Gasteiger partial charge in [-0.25, -0.2) is 0 Å². The first-order valence-electron chi connectivity index (χ1n) is 8.93. The van der Waals surface area contributed by atoms with Gasteiger partial charge in [0.2, 0.25) is 0 Å². The summed E-state index contributed by atoms with van der Waals surface area (Å²) in [4.78, 5) is 2.84. The fraction of sp³-hybridized carbons (Fsp3) is 0.684. The normalized spacial score (nSPS) is 28.8. The Morgan fingerprint density at radius 1 is 1.00 bits per heavy atom. The van der Waals surface area contributed by atoms with Crippen LogP contribution in [0.25, 0.3) is 0 Å². The topological polar surface area (TPSA) is 15.3 Å². The number of benzene rings is 1. The predicted octanol–water partition coefficient (Wildman–Crippen LogP) is 3.01. The van der Waals surface area contributed by atoms with Gasteiger partial charge in [-0.05, 0) is 68.5 Å².